The molecule has 0 radical (unpaired) electrons. The molecule has 0 saturated heterocycles. The summed E-state index contributed by atoms with van der Waals surface area (Å²) in [6.07, 6.45) is 0.320. The molecule has 24 heavy (non-hydrogen) atoms. The summed E-state index contributed by atoms with van der Waals surface area (Å²) in [5.74, 6) is -0.127. The average molecular weight is 340 g/mol. The summed E-state index contributed by atoms with van der Waals surface area (Å²) in [4.78, 5) is 17.5. The van der Waals surface area contributed by atoms with Gasteiger partial charge in [-0.15, -0.1) is 0 Å². The molecule has 0 saturated carbocycles. The fourth-order valence-electron chi connectivity index (χ4n) is 2.65. The number of para-hydroxylation sites is 1. The van der Waals surface area contributed by atoms with E-state index in [9.17, 15) is 4.79 Å². The van der Waals surface area contributed by atoms with Crippen LogP contribution in [0.3, 0.4) is 0 Å². The number of hydrogen-bond acceptors (Lipinski definition) is 3. The van der Waals surface area contributed by atoms with E-state index in [-0.39, 0.29) is 5.91 Å². The van der Waals surface area contributed by atoms with Crippen molar-refractivity contribution < 1.29 is 9.53 Å². The number of carbonyl (C=O) groups excluding carboxylic acids is 1. The molecule has 0 unspecified atom stereocenters. The van der Waals surface area contributed by atoms with E-state index in [4.69, 9.17) is 4.74 Å². The fraction of sp³-hybridized carbons (Fsp3) is 0.263. The smallest absolute Gasteiger partial charge is 0.252 e. The van der Waals surface area contributed by atoms with Crippen LogP contribution in [-0.2, 0) is 22.5 Å². The second-order valence-electron chi connectivity index (χ2n) is 5.67. The number of hydrogen-bond donors (Lipinski definition) is 0. The van der Waals surface area contributed by atoms with Crippen LogP contribution in [0.2, 0.25) is 0 Å². The molecular formula is C19H20N2O2S. The summed E-state index contributed by atoms with van der Waals surface area (Å²) in [5.41, 5.74) is 3.23. The van der Waals surface area contributed by atoms with E-state index >= 15 is 0 Å². The molecular weight excluding hydrogens is 320 g/mol. The van der Waals surface area contributed by atoms with E-state index in [1.165, 1.54) is 11.3 Å². The van der Waals surface area contributed by atoms with Crippen molar-refractivity contribution in [2.45, 2.75) is 19.9 Å². The van der Waals surface area contributed by atoms with Gasteiger partial charge in [-0.3, -0.25) is 4.79 Å². The van der Waals surface area contributed by atoms with E-state index in [0.717, 1.165) is 26.1 Å². The lowest BCUT2D eigenvalue weighted by Crippen LogP contribution is -2.19. The zero-order chi connectivity index (χ0) is 16.9. The predicted molar refractivity (Wildman–Crippen MR) is 97.1 cm³/mol. The minimum absolute atomic E-state index is 0.127. The lowest BCUT2D eigenvalue weighted by atomic mass is 10.1. The van der Waals surface area contributed by atoms with E-state index in [1.54, 1.807) is 7.11 Å². The maximum Gasteiger partial charge on any atom is 0.252 e. The number of aryl methyl sites for hydroxylation is 1. The van der Waals surface area contributed by atoms with Gasteiger partial charge in [0.2, 0.25) is 0 Å². The molecule has 124 valence electrons. The van der Waals surface area contributed by atoms with E-state index in [1.807, 2.05) is 55.5 Å². The summed E-state index contributed by atoms with van der Waals surface area (Å²) in [6, 6.07) is 16.1. The van der Waals surface area contributed by atoms with Gasteiger partial charge in [0.15, 0.2) is 4.80 Å². The van der Waals surface area contributed by atoms with Crippen LogP contribution < -0.4 is 4.80 Å². The van der Waals surface area contributed by atoms with Crippen LogP contribution in [0, 0.1) is 6.92 Å². The Morgan fingerprint density at radius 3 is 2.83 bits per heavy atom. The molecule has 3 rings (SSSR count). The number of carbonyl (C=O) groups is 1. The van der Waals surface area contributed by atoms with Crippen molar-refractivity contribution in [1.82, 2.24) is 4.57 Å². The van der Waals surface area contributed by atoms with Crippen molar-refractivity contribution in [2.24, 2.45) is 4.99 Å². The maximum atomic E-state index is 12.4. The quantitative estimate of drug-likeness (QED) is 0.715. The Hall–Kier alpha value is -2.24. The highest BCUT2D eigenvalue weighted by Gasteiger charge is 2.08. The molecule has 4 nitrogen and oxygen atoms in total. The monoisotopic (exact) mass is 340 g/mol. The van der Waals surface area contributed by atoms with Crippen molar-refractivity contribution in [3.63, 3.8) is 0 Å². The standard InChI is InChI=1S/C19H20N2O2S/c1-14-6-5-7-15(12-14)13-18(22)20-19-21(10-11-23-2)16-8-3-4-9-17(16)24-19/h3-9,12H,10-11,13H2,1-2H3. The lowest BCUT2D eigenvalue weighted by Gasteiger charge is -2.04. The van der Waals surface area contributed by atoms with Gasteiger partial charge < -0.3 is 9.30 Å². The number of methoxy groups -OCH3 is 1. The Kier molecular flexibility index (Phi) is 5.23. The topological polar surface area (TPSA) is 43.6 Å². The third-order valence-corrected chi connectivity index (χ3v) is 4.82. The molecule has 0 atom stereocenters. The van der Waals surface area contributed by atoms with Crippen LogP contribution in [0.4, 0.5) is 0 Å². The van der Waals surface area contributed by atoms with Crippen LogP contribution >= 0.6 is 11.3 Å². The van der Waals surface area contributed by atoms with E-state index < -0.39 is 0 Å². The summed E-state index contributed by atoms with van der Waals surface area (Å²) < 4.78 is 8.36. The minimum Gasteiger partial charge on any atom is -0.383 e. The van der Waals surface area contributed by atoms with Gasteiger partial charge in [-0.1, -0.05) is 53.3 Å². The normalized spacial score (nSPS) is 12.0. The van der Waals surface area contributed by atoms with Crippen molar-refractivity contribution in [3.8, 4) is 0 Å². The van der Waals surface area contributed by atoms with Gasteiger partial charge in [0, 0.05) is 13.7 Å². The Bertz CT molecular complexity index is 924. The number of thiazole rings is 1. The molecule has 1 heterocycles. The van der Waals surface area contributed by atoms with E-state index in [2.05, 4.69) is 9.56 Å². The van der Waals surface area contributed by atoms with Gasteiger partial charge in [-0.05, 0) is 24.6 Å². The van der Waals surface area contributed by atoms with Crippen molar-refractivity contribution in [1.29, 1.82) is 0 Å². The van der Waals surface area contributed by atoms with Crippen molar-refractivity contribution in [3.05, 3.63) is 64.5 Å². The van der Waals surface area contributed by atoms with Crippen molar-refractivity contribution in [2.75, 3.05) is 13.7 Å². The van der Waals surface area contributed by atoms with Crippen LogP contribution in [0.1, 0.15) is 11.1 Å². The Balaban J connectivity index is 1.94. The van der Waals surface area contributed by atoms with Gasteiger partial charge in [0.1, 0.15) is 0 Å². The lowest BCUT2D eigenvalue weighted by molar-refractivity contribution is -0.117. The number of amides is 1. The fourth-order valence-corrected chi connectivity index (χ4v) is 3.72. The minimum atomic E-state index is -0.127. The Morgan fingerprint density at radius 2 is 2.04 bits per heavy atom. The second-order valence-corrected chi connectivity index (χ2v) is 6.68. The van der Waals surface area contributed by atoms with Crippen molar-refractivity contribution >= 4 is 27.5 Å². The number of benzene rings is 2. The third-order valence-electron chi connectivity index (χ3n) is 3.77. The molecule has 1 aromatic heterocycles. The molecule has 5 heteroatoms. The van der Waals surface area contributed by atoms with Crippen LogP contribution in [-0.4, -0.2) is 24.2 Å². The number of rotatable bonds is 5. The van der Waals surface area contributed by atoms with Gasteiger partial charge >= 0.3 is 0 Å². The summed E-state index contributed by atoms with van der Waals surface area (Å²) in [7, 11) is 1.68. The molecule has 2 aromatic carbocycles. The van der Waals surface area contributed by atoms with Crippen LogP contribution in [0.5, 0.6) is 0 Å². The number of aromatic nitrogens is 1. The Labute approximate surface area is 145 Å². The van der Waals surface area contributed by atoms with Crippen LogP contribution in [0.25, 0.3) is 10.2 Å². The molecule has 0 aliphatic rings. The summed E-state index contributed by atoms with van der Waals surface area (Å²) in [6.45, 7) is 3.28. The molecule has 1 amide bonds. The first-order chi connectivity index (χ1) is 11.7. The Morgan fingerprint density at radius 1 is 1.21 bits per heavy atom. The molecule has 3 aromatic rings. The molecule has 0 bridgehead atoms. The first-order valence-electron chi connectivity index (χ1n) is 7.88. The molecule has 0 fully saturated rings. The summed E-state index contributed by atoms with van der Waals surface area (Å²) in [5, 5.41) is 0. The predicted octanol–water partition coefficient (Wildman–Crippen LogP) is 3.33. The largest absolute Gasteiger partial charge is 0.383 e. The molecule has 0 aliphatic heterocycles. The summed E-state index contributed by atoms with van der Waals surface area (Å²) >= 11 is 1.54. The number of nitrogens with zero attached hydrogens (tertiary/aromatic N) is 2. The molecule has 0 aliphatic carbocycles. The highest BCUT2D eigenvalue weighted by Crippen LogP contribution is 2.16. The highest BCUT2D eigenvalue weighted by atomic mass is 32.1. The average Bonchev–Trinajstić information content (AvgIpc) is 2.90. The highest BCUT2D eigenvalue weighted by molar-refractivity contribution is 7.16. The molecule has 0 spiro atoms. The van der Waals surface area contributed by atoms with Crippen LogP contribution in [0.15, 0.2) is 53.5 Å². The number of ether oxygens (including phenoxy) is 1. The van der Waals surface area contributed by atoms with E-state index in [0.29, 0.717) is 19.6 Å². The first-order valence-corrected chi connectivity index (χ1v) is 8.69. The van der Waals surface area contributed by atoms with Gasteiger partial charge in [-0.2, -0.15) is 4.99 Å². The number of fused-ring (bicyclic) bond motifs is 1. The maximum absolute atomic E-state index is 12.4. The SMILES string of the molecule is COCCn1c(=NC(=O)Cc2cccc(C)c2)sc2ccccc21. The second kappa shape index (κ2) is 7.55. The molecule has 0 N–H and O–H groups in total. The first kappa shape index (κ1) is 16.6. The van der Waals surface area contributed by atoms with Gasteiger partial charge in [0.05, 0.1) is 23.2 Å². The third kappa shape index (κ3) is 3.80. The van der Waals surface area contributed by atoms with Gasteiger partial charge in [-0.25, -0.2) is 0 Å². The zero-order valence-corrected chi connectivity index (χ0v) is 14.7. The zero-order valence-electron chi connectivity index (χ0n) is 13.9. The van der Waals surface area contributed by atoms with Gasteiger partial charge in [0.25, 0.3) is 5.91 Å².